The molecular formula is C16H17NO3. The van der Waals surface area contributed by atoms with Crippen molar-refractivity contribution < 1.29 is 9.66 Å². The van der Waals surface area contributed by atoms with E-state index in [9.17, 15) is 10.1 Å². The first-order chi connectivity index (χ1) is 9.58. The van der Waals surface area contributed by atoms with Crippen LogP contribution in [0.5, 0.6) is 5.75 Å². The minimum atomic E-state index is -0.354. The van der Waals surface area contributed by atoms with E-state index in [1.54, 1.807) is 18.2 Å². The van der Waals surface area contributed by atoms with Crippen LogP contribution in [0.1, 0.15) is 16.7 Å². The van der Waals surface area contributed by atoms with Crippen molar-refractivity contribution in [1.82, 2.24) is 0 Å². The van der Waals surface area contributed by atoms with Gasteiger partial charge in [-0.3, -0.25) is 10.1 Å². The molecule has 0 saturated heterocycles. The van der Waals surface area contributed by atoms with Crippen LogP contribution in [0.15, 0.2) is 42.5 Å². The molecule has 0 spiro atoms. The van der Waals surface area contributed by atoms with E-state index < -0.39 is 0 Å². The maximum atomic E-state index is 10.9. The zero-order valence-corrected chi connectivity index (χ0v) is 11.6. The summed E-state index contributed by atoms with van der Waals surface area (Å²) in [4.78, 5) is 10.6. The van der Waals surface area contributed by atoms with E-state index in [2.05, 4.69) is 0 Å². The van der Waals surface area contributed by atoms with Gasteiger partial charge in [0.25, 0.3) is 5.69 Å². The molecule has 0 amide bonds. The van der Waals surface area contributed by atoms with Crippen LogP contribution in [0.2, 0.25) is 0 Å². The molecular weight excluding hydrogens is 254 g/mol. The molecule has 4 heteroatoms. The minimum absolute atomic E-state index is 0.150. The van der Waals surface area contributed by atoms with Gasteiger partial charge in [-0.05, 0) is 31.0 Å². The van der Waals surface area contributed by atoms with Gasteiger partial charge in [0, 0.05) is 18.1 Å². The van der Waals surface area contributed by atoms with Crippen molar-refractivity contribution in [2.24, 2.45) is 0 Å². The lowest BCUT2D eigenvalue weighted by Crippen LogP contribution is -2.04. The third kappa shape index (κ3) is 3.35. The maximum Gasteiger partial charge on any atom is 0.272 e. The van der Waals surface area contributed by atoms with Gasteiger partial charge in [0.05, 0.1) is 11.5 Å². The number of ether oxygens (including phenoxy) is 1. The molecule has 0 radical (unpaired) electrons. The van der Waals surface area contributed by atoms with Gasteiger partial charge in [-0.2, -0.15) is 0 Å². The molecule has 104 valence electrons. The monoisotopic (exact) mass is 271 g/mol. The number of hydrogen-bond acceptors (Lipinski definition) is 3. The molecule has 0 N–H and O–H groups in total. The zero-order valence-electron chi connectivity index (χ0n) is 11.6. The van der Waals surface area contributed by atoms with Crippen molar-refractivity contribution in [1.29, 1.82) is 0 Å². The average Bonchev–Trinajstić information content (AvgIpc) is 2.43. The smallest absolute Gasteiger partial charge is 0.272 e. The number of nitro groups is 1. The molecule has 0 heterocycles. The minimum Gasteiger partial charge on any atom is -0.493 e. The number of hydrogen-bond donors (Lipinski definition) is 0. The summed E-state index contributed by atoms with van der Waals surface area (Å²) in [5, 5.41) is 10.9. The van der Waals surface area contributed by atoms with Crippen molar-refractivity contribution in [3.63, 3.8) is 0 Å². The molecule has 0 aliphatic rings. The third-order valence-electron chi connectivity index (χ3n) is 3.16. The summed E-state index contributed by atoms with van der Waals surface area (Å²) in [7, 11) is 0. The normalized spacial score (nSPS) is 10.3. The van der Waals surface area contributed by atoms with E-state index in [4.69, 9.17) is 4.74 Å². The molecule has 0 fully saturated rings. The number of rotatable bonds is 5. The number of nitrogens with zero attached hydrogens (tertiary/aromatic N) is 1. The second kappa shape index (κ2) is 6.19. The highest BCUT2D eigenvalue weighted by atomic mass is 16.6. The van der Waals surface area contributed by atoms with E-state index in [0.717, 1.165) is 16.9 Å². The van der Waals surface area contributed by atoms with Crippen LogP contribution in [0.4, 0.5) is 5.69 Å². The molecule has 0 aromatic heterocycles. The Morgan fingerprint density at radius 2 is 1.90 bits per heavy atom. The van der Waals surface area contributed by atoms with Crippen molar-refractivity contribution in [2.45, 2.75) is 20.3 Å². The number of aryl methyl sites for hydroxylation is 2. The molecule has 0 aliphatic carbocycles. The summed E-state index contributed by atoms with van der Waals surface area (Å²) in [6.07, 6.45) is 0.518. The Kier molecular flexibility index (Phi) is 4.35. The van der Waals surface area contributed by atoms with Crippen LogP contribution < -0.4 is 4.74 Å². The van der Waals surface area contributed by atoms with E-state index in [-0.39, 0.29) is 10.6 Å². The molecule has 0 unspecified atom stereocenters. The van der Waals surface area contributed by atoms with Crippen LogP contribution in [0, 0.1) is 24.0 Å². The summed E-state index contributed by atoms with van der Waals surface area (Å²) >= 11 is 0. The molecule has 0 saturated carbocycles. The molecule has 2 aromatic carbocycles. The van der Waals surface area contributed by atoms with E-state index in [1.807, 2.05) is 32.0 Å². The average molecular weight is 271 g/mol. The van der Waals surface area contributed by atoms with E-state index >= 15 is 0 Å². The van der Waals surface area contributed by atoms with Gasteiger partial charge in [-0.15, -0.1) is 0 Å². The van der Waals surface area contributed by atoms with Gasteiger partial charge >= 0.3 is 0 Å². The highest BCUT2D eigenvalue weighted by Crippen LogP contribution is 2.21. The molecule has 4 nitrogen and oxygen atoms in total. The zero-order chi connectivity index (χ0) is 14.5. The lowest BCUT2D eigenvalue weighted by Gasteiger charge is -2.10. The largest absolute Gasteiger partial charge is 0.493 e. The van der Waals surface area contributed by atoms with Gasteiger partial charge in [-0.25, -0.2) is 0 Å². The predicted octanol–water partition coefficient (Wildman–Crippen LogP) is 3.83. The van der Waals surface area contributed by atoms with Gasteiger partial charge in [0.15, 0.2) is 0 Å². The van der Waals surface area contributed by atoms with Crippen LogP contribution >= 0.6 is 0 Å². The summed E-state index contributed by atoms with van der Waals surface area (Å²) in [5.74, 6) is 0.837. The molecule has 0 bridgehead atoms. The highest BCUT2D eigenvalue weighted by molar-refractivity contribution is 5.40. The van der Waals surface area contributed by atoms with Crippen LogP contribution in [0.3, 0.4) is 0 Å². The Morgan fingerprint density at radius 3 is 2.65 bits per heavy atom. The molecule has 0 aliphatic heterocycles. The summed E-state index contributed by atoms with van der Waals surface area (Å²) in [6.45, 7) is 4.42. The fourth-order valence-corrected chi connectivity index (χ4v) is 2.03. The Balaban J connectivity index is 2.03. The first-order valence-corrected chi connectivity index (χ1v) is 6.50. The second-order valence-corrected chi connectivity index (χ2v) is 4.75. The van der Waals surface area contributed by atoms with Crippen LogP contribution in [0.25, 0.3) is 0 Å². The third-order valence-corrected chi connectivity index (χ3v) is 3.16. The Labute approximate surface area is 118 Å². The van der Waals surface area contributed by atoms with E-state index in [1.165, 1.54) is 6.07 Å². The van der Waals surface area contributed by atoms with Gasteiger partial charge in [0.1, 0.15) is 5.75 Å². The lowest BCUT2D eigenvalue weighted by atomic mass is 10.1. The Bertz CT molecular complexity index is 623. The van der Waals surface area contributed by atoms with Gasteiger partial charge in [0.2, 0.25) is 0 Å². The van der Waals surface area contributed by atoms with Crippen molar-refractivity contribution >= 4 is 5.69 Å². The van der Waals surface area contributed by atoms with Crippen molar-refractivity contribution in [3.05, 3.63) is 69.3 Å². The first kappa shape index (κ1) is 14.1. The quantitative estimate of drug-likeness (QED) is 0.613. The fraction of sp³-hybridized carbons (Fsp3) is 0.250. The summed E-state index contributed by atoms with van der Waals surface area (Å²) in [6, 6.07) is 12.8. The summed E-state index contributed by atoms with van der Waals surface area (Å²) < 4.78 is 5.73. The predicted molar refractivity (Wildman–Crippen MR) is 78.2 cm³/mol. The Morgan fingerprint density at radius 1 is 1.15 bits per heavy atom. The topological polar surface area (TPSA) is 52.4 Å². The first-order valence-electron chi connectivity index (χ1n) is 6.50. The second-order valence-electron chi connectivity index (χ2n) is 4.75. The molecule has 0 atom stereocenters. The van der Waals surface area contributed by atoms with Crippen LogP contribution in [-0.4, -0.2) is 11.5 Å². The molecule has 2 rings (SSSR count). The van der Waals surface area contributed by atoms with Gasteiger partial charge < -0.3 is 4.74 Å². The molecule has 2 aromatic rings. The number of benzene rings is 2. The van der Waals surface area contributed by atoms with E-state index in [0.29, 0.717) is 18.6 Å². The van der Waals surface area contributed by atoms with Gasteiger partial charge in [-0.1, -0.05) is 30.3 Å². The Hall–Kier alpha value is -2.36. The number of para-hydroxylation sites is 1. The highest BCUT2D eigenvalue weighted by Gasteiger charge is 2.12. The van der Waals surface area contributed by atoms with Crippen molar-refractivity contribution in [2.75, 3.05) is 6.61 Å². The van der Waals surface area contributed by atoms with Crippen molar-refractivity contribution in [3.8, 4) is 5.75 Å². The lowest BCUT2D eigenvalue weighted by molar-refractivity contribution is -0.385. The standard InChI is InChI=1S/C16H17NO3/c1-12-7-8-13(2)16(11-12)20-10-9-14-5-3-4-6-15(14)17(18)19/h3-8,11H,9-10H2,1-2H3. The number of nitro benzene ring substituents is 1. The molecule has 20 heavy (non-hydrogen) atoms. The van der Waals surface area contributed by atoms with Crippen LogP contribution in [-0.2, 0) is 6.42 Å². The maximum absolute atomic E-state index is 10.9. The SMILES string of the molecule is Cc1ccc(C)c(OCCc2ccccc2[N+](=O)[O-])c1. The summed E-state index contributed by atoms with van der Waals surface area (Å²) in [5.41, 5.74) is 3.05. The fourth-order valence-electron chi connectivity index (χ4n) is 2.03.